The van der Waals surface area contributed by atoms with Gasteiger partial charge in [-0.1, -0.05) is 6.07 Å². The van der Waals surface area contributed by atoms with Crippen molar-refractivity contribution in [3.8, 4) is 6.01 Å². The second-order valence-electron chi connectivity index (χ2n) is 5.91. The smallest absolute Gasteiger partial charge is 0.317 e. The van der Waals surface area contributed by atoms with Gasteiger partial charge in [0.1, 0.15) is 6.10 Å². The van der Waals surface area contributed by atoms with Crippen molar-refractivity contribution in [2.24, 2.45) is 0 Å². The minimum atomic E-state index is -0.0303. The maximum atomic E-state index is 12.4. The lowest BCUT2D eigenvalue weighted by Gasteiger charge is -2.32. The molecule has 3 rings (SSSR count). The summed E-state index contributed by atoms with van der Waals surface area (Å²) >= 11 is 1.62. The molecular formula is C17H21N3O2S. The summed E-state index contributed by atoms with van der Waals surface area (Å²) in [6.45, 7) is 5.27. The molecule has 3 heterocycles. The van der Waals surface area contributed by atoms with Crippen molar-refractivity contribution in [2.75, 3.05) is 13.1 Å². The topological polar surface area (TPSA) is 55.3 Å². The summed E-state index contributed by atoms with van der Waals surface area (Å²) in [7, 11) is 0. The van der Waals surface area contributed by atoms with E-state index in [-0.39, 0.29) is 12.0 Å². The van der Waals surface area contributed by atoms with Crippen molar-refractivity contribution >= 4 is 17.2 Å². The number of ether oxygens (including phenoxy) is 1. The molecule has 122 valence electrons. The lowest BCUT2D eigenvalue weighted by molar-refractivity contribution is -0.133. The van der Waals surface area contributed by atoms with Gasteiger partial charge in [-0.05, 0) is 44.2 Å². The quantitative estimate of drug-likeness (QED) is 0.864. The zero-order valence-corrected chi connectivity index (χ0v) is 14.3. The summed E-state index contributed by atoms with van der Waals surface area (Å²) in [5, 5.41) is 2.00. The van der Waals surface area contributed by atoms with Gasteiger partial charge in [-0.3, -0.25) is 4.79 Å². The number of aryl methyl sites for hydroxylation is 2. The Morgan fingerprint density at radius 2 is 2.17 bits per heavy atom. The Kier molecular flexibility index (Phi) is 4.91. The third kappa shape index (κ3) is 4.28. The molecule has 2 aromatic heterocycles. The number of hydrogen-bond acceptors (Lipinski definition) is 5. The third-order valence-corrected chi connectivity index (χ3v) is 4.75. The Bertz CT molecular complexity index is 652. The normalized spacial score (nSPS) is 18.0. The van der Waals surface area contributed by atoms with Gasteiger partial charge in [0.25, 0.3) is 0 Å². The number of aromatic nitrogens is 2. The van der Waals surface area contributed by atoms with Gasteiger partial charge in [-0.15, -0.1) is 11.3 Å². The average molecular weight is 331 g/mol. The Morgan fingerprint density at radius 1 is 1.39 bits per heavy atom. The molecule has 1 amide bonds. The number of likely N-dealkylation sites (tertiary alicyclic amines) is 1. The highest BCUT2D eigenvalue weighted by Crippen LogP contribution is 2.18. The van der Waals surface area contributed by atoms with E-state index >= 15 is 0 Å². The molecule has 0 saturated carbocycles. The lowest BCUT2D eigenvalue weighted by atomic mass is 10.1. The third-order valence-electron chi connectivity index (χ3n) is 3.87. The molecule has 1 fully saturated rings. The van der Waals surface area contributed by atoms with Crippen LogP contribution in [0.5, 0.6) is 6.01 Å². The summed E-state index contributed by atoms with van der Waals surface area (Å²) in [5.41, 5.74) is 1.79. The van der Waals surface area contributed by atoms with Crippen LogP contribution in [0.2, 0.25) is 0 Å². The van der Waals surface area contributed by atoms with Gasteiger partial charge < -0.3 is 9.64 Å². The number of thiophene rings is 1. The highest BCUT2D eigenvalue weighted by Gasteiger charge is 2.25. The summed E-state index contributed by atoms with van der Waals surface area (Å²) in [6, 6.07) is 6.32. The van der Waals surface area contributed by atoms with E-state index in [0.717, 1.165) is 35.7 Å². The van der Waals surface area contributed by atoms with Gasteiger partial charge in [0.2, 0.25) is 5.91 Å². The minimum absolute atomic E-state index is 0.0303. The molecule has 1 aliphatic heterocycles. The molecule has 0 spiro atoms. The van der Waals surface area contributed by atoms with Crippen LogP contribution < -0.4 is 4.74 Å². The van der Waals surface area contributed by atoms with Crippen molar-refractivity contribution in [2.45, 2.75) is 39.2 Å². The van der Waals surface area contributed by atoms with E-state index in [1.807, 2.05) is 42.3 Å². The van der Waals surface area contributed by atoms with E-state index in [9.17, 15) is 4.79 Å². The van der Waals surface area contributed by atoms with Crippen molar-refractivity contribution in [1.29, 1.82) is 0 Å². The molecule has 23 heavy (non-hydrogen) atoms. The van der Waals surface area contributed by atoms with Crippen LogP contribution in [-0.2, 0) is 11.2 Å². The number of nitrogens with zero attached hydrogens (tertiary/aromatic N) is 3. The molecule has 0 radical (unpaired) electrons. The van der Waals surface area contributed by atoms with Crippen LogP contribution in [-0.4, -0.2) is 40.0 Å². The van der Waals surface area contributed by atoms with Crippen molar-refractivity contribution in [3.05, 3.63) is 39.8 Å². The Balaban J connectivity index is 1.60. The molecule has 1 atom stereocenters. The fourth-order valence-corrected chi connectivity index (χ4v) is 3.53. The van der Waals surface area contributed by atoms with Gasteiger partial charge in [-0.2, -0.15) is 0 Å². The Morgan fingerprint density at radius 3 is 2.87 bits per heavy atom. The second-order valence-corrected chi connectivity index (χ2v) is 6.94. The van der Waals surface area contributed by atoms with E-state index < -0.39 is 0 Å². The first-order valence-electron chi connectivity index (χ1n) is 7.89. The van der Waals surface area contributed by atoms with Gasteiger partial charge in [0.15, 0.2) is 0 Å². The predicted molar refractivity (Wildman–Crippen MR) is 89.8 cm³/mol. The number of carbonyl (C=O) groups excluding carboxylic acids is 1. The molecule has 1 saturated heterocycles. The van der Waals surface area contributed by atoms with Gasteiger partial charge >= 0.3 is 6.01 Å². The number of carbonyl (C=O) groups is 1. The van der Waals surface area contributed by atoms with E-state index in [1.54, 1.807) is 11.3 Å². The molecule has 5 nitrogen and oxygen atoms in total. The summed E-state index contributed by atoms with van der Waals surface area (Å²) in [5.74, 6) is 0.169. The summed E-state index contributed by atoms with van der Waals surface area (Å²) in [4.78, 5) is 24.1. The molecule has 0 N–H and O–H groups in total. The fourth-order valence-electron chi connectivity index (χ4n) is 2.83. The number of piperidine rings is 1. The first kappa shape index (κ1) is 15.9. The highest BCUT2D eigenvalue weighted by molar-refractivity contribution is 7.10. The van der Waals surface area contributed by atoms with Gasteiger partial charge in [0.05, 0.1) is 13.0 Å². The zero-order chi connectivity index (χ0) is 16.2. The van der Waals surface area contributed by atoms with Crippen LogP contribution in [0.1, 0.15) is 29.1 Å². The predicted octanol–water partition coefficient (Wildman–Crippen LogP) is 2.77. The Hall–Kier alpha value is -1.95. The molecule has 0 aromatic carbocycles. The van der Waals surface area contributed by atoms with E-state index in [4.69, 9.17) is 4.74 Å². The number of hydrogen-bond donors (Lipinski definition) is 0. The first-order chi connectivity index (χ1) is 11.1. The lowest BCUT2D eigenvalue weighted by Crippen LogP contribution is -2.45. The monoisotopic (exact) mass is 331 g/mol. The van der Waals surface area contributed by atoms with Crippen LogP contribution >= 0.6 is 11.3 Å². The molecule has 0 aliphatic carbocycles. The minimum Gasteiger partial charge on any atom is -0.458 e. The maximum absolute atomic E-state index is 12.4. The standard InChI is InChI=1S/C17H21N3O2S/c1-12-9-13(2)19-17(18-12)22-14-5-3-7-20(11-14)16(21)10-15-6-4-8-23-15/h4,6,8-9,14H,3,5,7,10-11H2,1-2H3/t14-/m0/s1. The van der Waals surface area contributed by atoms with E-state index in [0.29, 0.717) is 19.0 Å². The van der Waals surface area contributed by atoms with Crippen LogP contribution in [0, 0.1) is 13.8 Å². The average Bonchev–Trinajstić information content (AvgIpc) is 2.99. The van der Waals surface area contributed by atoms with Crippen LogP contribution in [0.15, 0.2) is 23.6 Å². The van der Waals surface area contributed by atoms with Crippen molar-refractivity contribution in [3.63, 3.8) is 0 Å². The summed E-state index contributed by atoms with van der Waals surface area (Å²) < 4.78 is 5.92. The molecule has 1 aliphatic rings. The van der Waals surface area contributed by atoms with Gasteiger partial charge in [0, 0.05) is 22.8 Å². The summed E-state index contributed by atoms with van der Waals surface area (Å²) in [6.07, 6.45) is 2.33. The SMILES string of the molecule is Cc1cc(C)nc(O[C@H]2CCCN(C(=O)Cc3cccs3)C2)n1. The van der Waals surface area contributed by atoms with Crippen molar-refractivity contribution < 1.29 is 9.53 Å². The number of amides is 1. The Labute approximate surface area is 140 Å². The highest BCUT2D eigenvalue weighted by atomic mass is 32.1. The van der Waals surface area contributed by atoms with E-state index in [2.05, 4.69) is 9.97 Å². The molecule has 0 unspecified atom stereocenters. The molecule has 0 bridgehead atoms. The zero-order valence-electron chi connectivity index (χ0n) is 13.5. The number of rotatable bonds is 4. The molecule has 2 aromatic rings. The van der Waals surface area contributed by atoms with Crippen LogP contribution in [0.3, 0.4) is 0 Å². The van der Waals surface area contributed by atoms with Gasteiger partial charge in [-0.25, -0.2) is 9.97 Å². The fraction of sp³-hybridized carbons (Fsp3) is 0.471. The van der Waals surface area contributed by atoms with Crippen LogP contribution in [0.4, 0.5) is 0 Å². The maximum Gasteiger partial charge on any atom is 0.317 e. The largest absolute Gasteiger partial charge is 0.458 e. The first-order valence-corrected chi connectivity index (χ1v) is 8.77. The molecular weight excluding hydrogens is 310 g/mol. The van der Waals surface area contributed by atoms with Crippen molar-refractivity contribution in [1.82, 2.24) is 14.9 Å². The second kappa shape index (κ2) is 7.08. The van der Waals surface area contributed by atoms with E-state index in [1.165, 1.54) is 0 Å². The molecule has 6 heteroatoms. The van der Waals surface area contributed by atoms with Crippen LogP contribution in [0.25, 0.3) is 0 Å².